The monoisotopic (exact) mass is 465 g/mol. The van der Waals surface area contributed by atoms with Crippen molar-refractivity contribution in [3.8, 4) is 0 Å². The number of rotatable bonds is 5. The van der Waals surface area contributed by atoms with E-state index in [1.54, 1.807) is 0 Å². The molecule has 1 aliphatic carbocycles. The van der Waals surface area contributed by atoms with E-state index in [0.717, 1.165) is 51.8 Å². The van der Waals surface area contributed by atoms with E-state index in [-0.39, 0.29) is 17.7 Å². The smallest absolute Gasteiger partial charge is 0.315 e. The lowest BCUT2D eigenvalue weighted by atomic mass is 9.72. The maximum atomic E-state index is 12.9. The highest BCUT2D eigenvalue weighted by molar-refractivity contribution is 14.1. The van der Waals surface area contributed by atoms with Crippen LogP contribution in [0.5, 0.6) is 0 Å². The number of unbranched alkanes of at least 4 members (excludes halogenated alkanes) is 1. The van der Waals surface area contributed by atoms with Crippen molar-refractivity contribution < 1.29 is 14.3 Å². The molecule has 1 unspecified atom stereocenters. The van der Waals surface area contributed by atoms with Crippen LogP contribution in [0, 0.1) is 9.49 Å². The van der Waals surface area contributed by atoms with Crippen LogP contribution >= 0.6 is 22.6 Å². The number of carbonyl (C=O) groups excluding carboxylic acids is 2. The summed E-state index contributed by atoms with van der Waals surface area (Å²) in [6.45, 7) is 4.36. The SMILES string of the molecule is CCCCOC(=O)C1C(C)=NC2=C(C(=O)CCC2)[C@H]1c1cccc(I)c1. The zero-order chi connectivity index (χ0) is 18.7. The number of esters is 1. The Morgan fingerprint density at radius 3 is 2.88 bits per heavy atom. The second kappa shape index (κ2) is 8.46. The lowest BCUT2D eigenvalue weighted by Crippen LogP contribution is -2.37. The Hall–Kier alpha value is -1.50. The summed E-state index contributed by atoms with van der Waals surface area (Å²) in [6.07, 6.45) is 3.98. The molecule has 1 aliphatic heterocycles. The molecule has 26 heavy (non-hydrogen) atoms. The minimum atomic E-state index is -0.522. The minimum absolute atomic E-state index is 0.123. The largest absolute Gasteiger partial charge is 0.465 e. The Kier molecular flexibility index (Phi) is 6.27. The van der Waals surface area contributed by atoms with Gasteiger partial charge >= 0.3 is 5.97 Å². The first-order chi connectivity index (χ1) is 12.5. The van der Waals surface area contributed by atoms with Crippen molar-refractivity contribution in [3.63, 3.8) is 0 Å². The molecule has 0 saturated heterocycles. The van der Waals surface area contributed by atoms with Crippen LogP contribution < -0.4 is 0 Å². The summed E-state index contributed by atoms with van der Waals surface area (Å²) in [5.74, 6) is -0.962. The molecule has 0 fully saturated rings. The van der Waals surface area contributed by atoms with E-state index in [4.69, 9.17) is 4.74 Å². The van der Waals surface area contributed by atoms with Gasteiger partial charge in [0.15, 0.2) is 5.78 Å². The first-order valence-corrected chi connectivity index (χ1v) is 10.3. The lowest BCUT2D eigenvalue weighted by Gasteiger charge is -2.34. The molecule has 0 saturated carbocycles. The van der Waals surface area contributed by atoms with Gasteiger partial charge < -0.3 is 4.74 Å². The van der Waals surface area contributed by atoms with Gasteiger partial charge in [0.1, 0.15) is 5.92 Å². The Bertz CT molecular complexity index is 781. The molecule has 1 aromatic rings. The fourth-order valence-electron chi connectivity index (χ4n) is 3.78. The molecule has 3 rings (SSSR count). The number of Topliss-reactive ketones (excluding diaryl/α,β-unsaturated/α-hetero) is 1. The fraction of sp³-hybridized carbons (Fsp3) is 0.476. The number of ether oxygens (including phenoxy) is 1. The number of carbonyl (C=O) groups is 2. The van der Waals surface area contributed by atoms with E-state index >= 15 is 0 Å². The van der Waals surface area contributed by atoms with Gasteiger partial charge in [-0.15, -0.1) is 0 Å². The van der Waals surface area contributed by atoms with E-state index in [2.05, 4.69) is 40.6 Å². The molecule has 0 spiro atoms. The number of allylic oxidation sites excluding steroid dienone is 2. The predicted octanol–water partition coefficient (Wildman–Crippen LogP) is 4.82. The number of benzene rings is 1. The summed E-state index contributed by atoms with van der Waals surface area (Å²) in [6, 6.07) is 8.05. The van der Waals surface area contributed by atoms with Crippen LogP contribution in [-0.4, -0.2) is 24.1 Å². The summed E-state index contributed by atoms with van der Waals surface area (Å²) >= 11 is 2.26. The zero-order valence-electron chi connectivity index (χ0n) is 15.3. The second-order valence-electron chi connectivity index (χ2n) is 6.92. The molecule has 138 valence electrons. The highest BCUT2D eigenvalue weighted by atomic mass is 127. The number of halogens is 1. The van der Waals surface area contributed by atoms with Gasteiger partial charge in [0.25, 0.3) is 0 Å². The third kappa shape index (κ3) is 3.92. The number of nitrogens with zero attached hydrogens (tertiary/aromatic N) is 1. The van der Waals surface area contributed by atoms with Crippen LogP contribution in [0.2, 0.25) is 0 Å². The number of ketones is 1. The molecule has 0 radical (unpaired) electrons. The third-order valence-corrected chi connectivity index (χ3v) is 5.71. The van der Waals surface area contributed by atoms with Crippen molar-refractivity contribution in [2.45, 2.75) is 51.9 Å². The Morgan fingerprint density at radius 1 is 1.35 bits per heavy atom. The van der Waals surface area contributed by atoms with Crippen molar-refractivity contribution in [3.05, 3.63) is 44.7 Å². The molecule has 0 N–H and O–H groups in total. The quantitative estimate of drug-likeness (QED) is 0.356. The normalized spacial score (nSPS) is 22.7. The zero-order valence-corrected chi connectivity index (χ0v) is 17.4. The second-order valence-corrected chi connectivity index (χ2v) is 8.17. The topological polar surface area (TPSA) is 55.7 Å². The number of aliphatic imine (C=N–C) groups is 1. The highest BCUT2D eigenvalue weighted by Gasteiger charge is 2.43. The van der Waals surface area contributed by atoms with Gasteiger partial charge in [-0.25, -0.2) is 0 Å². The minimum Gasteiger partial charge on any atom is -0.465 e. The van der Waals surface area contributed by atoms with Crippen LogP contribution in [0.1, 0.15) is 57.4 Å². The molecular weight excluding hydrogens is 441 g/mol. The Balaban J connectivity index is 2.04. The van der Waals surface area contributed by atoms with Crippen molar-refractivity contribution in [2.75, 3.05) is 6.61 Å². The van der Waals surface area contributed by atoms with E-state index in [9.17, 15) is 9.59 Å². The van der Waals surface area contributed by atoms with E-state index in [1.807, 2.05) is 25.1 Å². The van der Waals surface area contributed by atoms with Crippen LogP contribution in [-0.2, 0) is 14.3 Å². The molecule has 1 aromatic carbocycles. The van der Waals surface area contributed by atoms with Crippen LogP contribution in [0.4, 0.5) is 0 Å². The van der Waals surface area contributed by atoms with Crippen molar-refractivity contribution in [2.24, 2.45) is 10.9 Å². The maximum absolute atomic E-state index is 12.9. The predicted molar refractivity (Wildman–Crippen MR) is 110 cm³/mol. The van der Waals surface area contributed by atoms with Gasteiger partial charge in [-0.2, -0.15) is 0 Å². The van der Waals surface area contributed by atoms with Crippen LogP contribution in [0.3, 0.4) is 0 Å². The molecule has 0 bridgehead atoms. The number of hydrogen-bond donors (Lipinski definition) is 0. The summed E-state index contributed by atoms with van der Waals surface area (Å²) in [7, 11) is 0. The van der Waals surface area contributed by atoms with Gasteiger partial charge in [-0.1, -0.05) is 25.5 Å². The van der Waals surface area contributed by atoms with Gasteiger partial charge in [0.05, 0.1) is 6.61 Å². The van der Waals surface area contributed by atoms with Crippen molar-refractivity contribution in [1.29, 1.82) is 0 Å². The summed E-state index contributed by atoms with van der Waals surface area (Å²) in [5, 5.41) is 0. The van der Waals surface area contributed by atoms with Gasteiger partial charge in [0, 0.05) is 32.9 Å². The molecule has 0 aromatic heterocycles. The van der Waals surface area contributed by atoms with Crippen LogP contribution in [0.25, 0.3) is 0 Å². The molecule has 5 heteroatoms. The van der Waals surface area contributed by atoms with Crippen molar-refractivity contribution >= 4 is 40.1 Å². The summed E-state index contributed by atoms with van der Waals surface area (Å²) in [5.41, 5.74) is 3.33. The molecule has 1 heterocycles. The summed E-state index contributed by atoms with van der Waals surface area (Å²) < 4.78 is 6.62. The maximum Gasteiger partial charge on any atom is 0.315 e. The van der Waals surface area contributed by atoms with Crippen molar-refractivity contribution in [1.82, 2.24) is 0 Å². The van der Waals surface area contributed by atoms with Crippen LogP contribution in [0.15, 0.2) is 40.5 Å². The molecular formula is C21H24INO3. The molecule has 2 aliphatic rings. The summed E-state index contributed by atoms with van der Waals surface area (Å²) in [4.78, 5) is 30.3. The fourth-order valence-corrected chi connectivity index (χ4v) is 4.35. The average Bonchev–Trinajstić information content (AvgIpc) is 2.61. The first-order valence-electron chi connectivity index (χ1n) is 9.26. The highest BCUT2D eigenvalue weighted by Crippen LogP contribution is 2.43. The molecule has 4 nitrogen and oxygen atoms in total. The third-order valence-electron chi connectivity index (χ3n) is 5.04. The molecule has 0 amide bonds. The molecule has 2 atom stereocenters. The Morgan fingerprint density at radius 2 is 2.15 bits per heavy atom. The average molecular weight is 465 g/mol. The van der Waals surface area contributed by atoms with E-state index < -0.39 is 5.92 Å². The van der Waals surface area contributed by atoms with Gasteiger partial charge in [-0.3, -0.25) is 14.6 Å². The first kappa shape index (κ1) is 19.3. The van der Waals surface area contributed by atoms with Gasteiger partial charge in [-0.05, 0) is 66.5 Å². The Labute approximate surface area is 168 Å². The standard InChI is InChI=1S/C21H24INO3/c1-3-4-11-26-21(25)18-13(2)23-16-9-6-10-17(24)20(16)19(18)14-7-5-8-15(22)12-14/h5,7-8,12,18-19H,3-4,6,9-11H2,1-2H3/t18?,19-/m0/s1. The lowest BCUT2D eigenvalue weighted by molar-refractivity contribution is -0.146. The number of hydrogen-bond acceptors (Lipinski definition) is 4. The van der Waals surface area contributed by atoms with E-state index in [0.29, 0.717) is 13.0 Å². The van der Waals surface area contributed by atoms with E-state index in [1.165, 1.54) is 0 Å². The van der Waals surface area contributed by atoms with Gasteiger partial charge in [0.2, 0.25) is 0 Å².